The summed E-state index contributed by atoms with van der Waals surface area (Å²) in [6.45, 7) is 2.97. The first-order valence-electron chi connectivity index (χ1n) is 7.68. The zero-order chi connectivity index (χ0) is 16.9. The van der Waals surface area contributed by atoms with Crippen LogP contribution in [0.25, 0.3) is 0 Å². The van der Waals surface area contributed by atoms with Crippen LogP contribution in [-0.4, -0.2) is 24.4 Å². The molecule has 3 rings (SSSR count). The lowest BCUT2D eigenvalue weighted by Gasteiger charge is -2.19. The number of thioether (sulfide) groups is 1. The number of hydrogen-bond donors (Lipinski definition) is 1. The van der Waals surface area contributed by atoms with Crippen molar-refractivity contribution in [1.29, 1.82) is 0 Å². The first-order chi connectivity index (χ1) is 11.6. The lowest BCUT2D eigenvalue weighted by atomic mass is 10.2. The number of fused-ring (bicyclic) bond motifs is 1. The lowest BCUT2D eigenvalue weighted by molar-refractivity contribution is -0.115. The Morgan fingerprint density at radius 1 is 1.21 bits per heavy atom. The summed E-state index contributed by atoms with van der Waals surface area (Å²) in [4.78, 5) is 12.3. The fourth-order valence-electron chi connectivity index (χ4n) is 2.29. The highest BCUT2D eigenvalue weighted by Gasteiger charge is 2.16. The Balaban J connectivity index is 1.56. The van der Waals surface area contributed by atoms with Gasteiger partial charge >= 0.3 is 0 Å². The zero-order valence-electron chi connectivity index (χ0n) is 13.3. The molecule has 0 bridgehead atoms. The van der Waals surface area contributed by atoms with Crippen LogP contribution in [0.1, 0.15) is 12.5 Å². The largest absolute Gasteiger partial charge is 0.486 e. The van der Waals surface area contributed by atoms with E-state index in [0.717, 1.165) is 11.3 Å². The number of halogens is 1. The molecule has 1 aliphatic heterocycles. The van der Waals surface area contributed by atoms with Crippen LogP contribution in [0.5, 0.6) is 11.5 Å². The molecule has 2 aromatic carbocycles. The van der Waals surface area contributed by atoms with E-state index in [2.05, 4.69) is 5.32 Å². The van der Waals surface area contributed by atoms with E-state index in [0.29, 0.717) is 35.4 Å². The first kappa shape index (κ1) is 17.0. The van der Waals surface area contributed by atoms with Gasteiger partial charge in [0.05, 0.1) is 5.25 Å². The third-order valence-corrected chi connectivity index (χ3v) is 5.02. The second-order valence-electron chi connectivity index (χ2n) is 5.43. The van der Waals surface area contributed by atoms with Crippen molar-refractivity contribution < 1.29 is 14.3 Å². The average Bonchev–Trinajstić information content (AvgIpc) is 2.59. The Morgan fingerprint density at radius 3 is 2.79 bits per heavy atom. The van der Waals surface area contributed by atoms with Crippen LogP contribution in [0.2, 0.25) is 5.02 Å². The van der Waals surface area contributed by atoms with Crippen molar-refractivity contribution >= 4 is 35.0 Å². The topological polar surface area (TPSA) is 47.6 Å². The predicted octanol–water partition coefficient (Wildman–Crippen LogP) is 4.37. The summed E-state index contributed by atoms with van der Waals surface area (Å²) in [5.41, 5.74) is 1.81. The van der Waals surface area contributed by atoms with Gasteiger partial charge in [0.15, 0.2) is 11.5 Å². The molecule has 0 aliphatic carbocycles. The maximum atomic E-state index is 12.3. The van der Waals surface area contributed by atoms with Crippen LogP contribution in [0, 0.1) is 0 Å². The van der Waals surface area contributed by atoms with Gasteiger partial charge in [-0.15, -0.1) is 11.8 Å². The van der Waals surface area contributed by atoms with Gasteiger partial charge in [-0.2, -0.15) is 0 Å². The van der Waals surface area contributed by atoms with Crippen molar-refractivity contribution in [3.8, 4) is 11.5 Å². The Labute approximate surface area is 150 Å². The smallest absolute Gasteiger partial charge is 0.237 e. The Hall–Kier alpha value is -1.85. The van der Waals surface area contributed by atoms with Gasteiger partial charge in [-0.05, 0) is 36.8 Å². The van der Waals surface area contributed by atoms with Gasteiger partial charge in [0.2, 0.25) is 5.91 Å². The molecule has 126 valence electrons. The van der Waals surface area contributed by atoms with E-state index in [1.165, 1.54) is 0 Å². The number of amides is 1. The van der Waals surface area contributed by atoms with Gasteiger partial charge in [0.25, 0.3) is 0 Å². The molecule has 1 amide bonds. The number of ether oxygens (including phenoxy) is 2. The summed E-state index contributed by atoms with van der Waals surface area (Å²) in [6.07, 6.45) is 0. The van der Waals surface area contributed by atoms with Crippen LogP contribution >= 0.6 is 23.4 Å². The fourth-order valence-corrected chi connectivity index (χ4v) is 3.33. The zero-order valence-corrected chi connectivity index (χ0v) is 14.8. The molecule has 0 spiro atoms. The molecule has 1 heterocycles. The van der Waals surface area contributed by atoms with E-state index < -0.39 is 0 Å². The second kappa shape index (κ2) is 7.81. The molecule has 6 heteroatoms. The second-order valence-corrected chi connectivity index (χ2v) is 7.20. The number of benzene rings is 2. The summed E-state index contributed by atoms with van der Waals surface area (Å²) < 4.78 is 11.0. The molecular weight excluding hydrogens is 346 g/mol. The molecule has 0 fully saturated rings. The third kappa shape index (κ3) is 4.36. The lowest BCUT2D eigenvalue weighted by Crippen LogP contribution is -2.23. The van der Waals surface area contributed by atoms with Crippen LogP contribution in [0.3, 0.4) is 0 Å². The number of carbonyl (C=O) groups is 1. The standard InChI is InChI=1S/C18H18ClNO3S/c1-12(24-11-13-3-2-4-14(19)9-13)18(21)20-15-5-6-16-17(10-15)23-8-7-22-16/h2-6,9-10,12H,7-8,11H2,1H3,(H,20,21). The summed E-state index contributed by atoms with van der Waals surface area (Å²) in [6, 6.07) is 13.1. The van der Waals surface area contributed by atoms with E-state index in [1.807, 2.05) is 43.3 Å². The van der Waals surface area contributed by atoms with Crippen molar-refractivity contribution in [1.82, 2.24) is 0 Å². The molecule has 0 aromatic heterocycles. The van der Waals surface area contributed by atoms with E-state index in [-0.39, 0.29) is 11.2 Å². The van der Waals surface area contributed by atoms with Crippen molar-refractivity contribution in [2.75, 3.05) is 18.5 Å². The molecule has 24 heavy (non-hydrogen) atoms. The molecule has 0 radical (unpaired) electrons. The van der Waals surface area contributed by atoms with Crippen molar-refractivity contribution in [3.63, 3.8) is 0 Å². The van der Waals surface area contributed by atoms with Gasteiger partial charge in [-0.1, -0.05) is 23.7 Å². The van der Waals surface area contributed by atoms with E-state index >= 15 is 0 Å². The van der Waals surface area contributed by atoms with E-state index in [1.54, 1.807) is 17.8 Å². The molecule has 2 aromatic rings. The molecule has 1 aliphatic rings. The van der Waals surface area contributed by atoms with E-state index in [9.17, 15) is 4.79 Å². The molecular formula is C18H18ClNO3S. The monoisotopic (exact) mass is 363 g/mol. The highest BCUT2D eigenvalue weighted by atomic mass is 35.5. The number of anilines is 1. The molecule has 1 atom stereocenters. The maximum Gasteiger partial charge on any atom is 0.237 e. The van der Waals surface area contributed by atoms with Crippen molar-refractivity contribution in [2.24, 2.45) is 0 Å². The summed E-state index contributed by atoms with van der Waals surface area (Å²) in [7, 11) is 0. The first-order valence-corrected chi connectivity index (χ1v) is 9.11. The van der Waals surface area contributed by atoms with E-state index in [4.69, 9.17) is 21.1 Å². The maximum absolute atomic E-state index is 12.3. The number of carbonyl (C=O) groups excluding carboxylic acids is 1. The van der Waals surface area contributed by atoms with Crippen LogP contribution < -0.4 is 14.8 Å². The minimum Gasteiger partial charge on any atom is -0.486 e. The number of nitrogens with one attached hydrogen (secondary N) is 1. The van der Waals surface area contributed by atoms with Gasteiger partial charge in [-0.3, -0.25) is 4.79 Å². The molecule has 0 saturated carbocycles. The minimum absolute atomic E-state index is 0.0429. The minimum atomic E-state index is -0.183. The third-order valence-electron chi connectivity index (χ3n) is 3.57. The van der Waals surface area contributed by atoms with Crippen LogP contribution in [0.15, 0.2) is 42.5 Å². The van der Waals surface area contributed by atoms with Crippen molar-refractivity contribution in [3.05, 3.63) is 53.1 Å². The predicted molar refractivity (Wildman–Crippen MR) is 98.3 cm³/mol. The van der Waals surface area contributed by atoms with Gasteiger partial charge in [0.1, 0.15) is 13.2 Å². The Bertz CT molecular complexity index is 738. The number of hydrogen-bond acceptors (Lipinski definition) is 4. The molecule has 4 nitrogen and oxygen atoms in total. The average molecular weight is 364 g/mol. The molecule has 1 unspecified atom stereocenters. The normalized spacial score (nSPS) is 14.1. The highest BCUT2D eigenvalue weighted by Crippen LogP contribution is 2.32. The Kier molecular flexibility index (Phi) is 5.53. The summed E-state index contributed by atoms with van der Waals surface area (Å²) in [5, 5.41) is 3.44. The molecule has 1 N–H and O–H groups in total. The Morgan fingerprint density at radius 2 is 2.00 bits per heavy atom. The van der Waals surface area contributed by atoms with Gasteiger partial charge < -0.3 is 14.8 Å². The van der Waals surface area contributed by atoms with Crippen LogP contribution in [0.4, 0.5) is 5.69 Å². The molecule has 0 saturated heterocycles. The SMILES string of the molecule is CC(SCc1cccc(Cl)c1)C(=O)Nc1ccc2c(c1)OCCO2. The summed E-state index contributed by atoms with van der Waals surface area (Å²) >= 11 is 7.55. The van der Waals surface area contributed by atoms with Gasteiger partial charge in [0, 0.05) is 22.5 Å². The fraction of sp³-hybridized carbons (Fsp3) is 0.278. The van der Waals surface area contributed by atoms with Crippen molar-refractivity contribution in [2.45, 2.75) is 17.9 Å². The quantitative estimate of drug-likeness (QED) is 0.856. The number of rotatable bonds is 5. The summed E-state index contributed by atoms with van der Waals surface area (Å²) in [5.74, 6) is 2.07. The van der Waals surface area contributed by atoms with Gasteiger partial charge in [-0.25, -0.2) is 0 Å². The highest BCUT2D eigenvalue weighted by molar-refractivity contribution is 7.99. The van der Waals surface area contributed by atoms with Crippen LogP contribution in [-0.2, 0) is 10.5 Å².